The minimum absolute atomic E-state index is 0. The third kappa shape index (κ3) is 7.07. The second-order valence-corrected chi connectivity index (χ2v) is 17.5. The summed E-state index contributed by atoms with van der Waals surface area (Å²) >= 11 is 0. The Kier molecular flexibility index (Phi) is 10.3. The van der Waals surface area contributed by atoms with E-state index >= 15 is 0 Å². The Morgan fingerprint density at radius 2 is 0.923 bits per heavy atom. The number of rotatable bonds is 4. The van der Waals surface area contributed by atoms with Crippen molar-refractivity contribution < 1.29 is 10.3 Å². The molecule has 2 aliphatic rings. The number of fused-ring (bicyclic) bond motifs is 20. The molecule has 0 unspecified atom stereocenters. The average Bonchev–Trinajstić information content (AvgIpc) is 3.84. The molecule has 0 fully saturated rings. The molecule has 1 N–H and O–H groups in total. The minimum Gasteiger partial charge on any atom is -0.870 e. The zero-order valence-corrected chi connectivity index (χ0v) is 31.4. The van der Waals surface area contributed by atoms with Crippen molar-refractivity contribution in [2.75, 3.05) is 20.6 Å². The zero-order chi connectivity index (χ0) is 34.4. The molecule has 12 heteroatoms. The van der Waals surface area contributed by atoms with Crippen LogP contribution in [-0.2, 0) is 0 Å². The van der Waals surface area contributed by atoms with E-state index in [2.05, 4.69) is 17.0 Å². The molecule has 0 saturated heterocycles. The van der Waals surface area contributed by atoms with Crippen LogP contribution >= 0.6 is 0 Å². The molecule has 0 radical (unpaired) electrons. The van der Waals surface area contributed by atoms with Crippen LogP contribution in [0.4, 0.5) is 0 Å². The summed E-state index contributed by atoms with van der Waals surface area (Å²) < 4.78 is 0. The van der Waals surface area contributed by atoms with E-state index in [4.69, 9.17) is 34.9 Å². The molecule has 2 aliphatic heterocycles. The molecule has 0 atom stereocenters. The Bertz CT molecular complexity index is 2410. The first-order valence-corrected chi connectivity index (χ1v) is 19.9. The number of nitrogens with zero attached hydrogens (tertiary/aromatic N) is 8. The molecule has 0 saturated carbocycles. The maximum absolute atomic E-state index is 11.2. The SMILES string of the molecule is CN(C)CCC[Si](C)(C)[O-].[OH-].[Si+4].c1ccc2c(c1)-c1cc3nc(nc4[n-]c(nc5[n-]c(nc-2n1)c1ccccc51)c1ccccc41)-c1ccccc1-3. The Morgan fingerprint density at radius 1 is 0.558 bits per heavy atom. The van der Waals surface area contributed by atoms with Crippen LogP contribution in [0.2, 0.25) is 19.1 Å². The molecule has 7 aromatic rings. The third-order valence-corrected chi connectivity index (χ3v) is 10.4. The van der Waals surface area contributed by atoms with E-state index in [1.165, 1.54) is 0 Å². The zero-order valence-electron chi connectivity index (χ0n) is 29.4. The first kappa shape index (κ1) is 36.4. The summed E-state index contributed by atoms with van der Waals surface area (Å²) in [4.78, 5) is 48.0. The smallest absolute Gasteiger partial charge is 0.870 e. The van der Waals surface area contributed by atoms with Crippen LogP contribution < -0.4 is 14.8 Å². The van der Waals surface area contributed by atoms with Gasteiger partial charge in [0.2, 0.25) is 0 Å². The van der Waals surface area contributed by atoms with Gasteiger partial charge in [-0.25, -0.2) is 9.97 Å². The van der Waals surface area contributed by atoms with Gasteiger partial charge in [-0.1, -0.05) is 125 Å². The van der Waals surface area contributed by atoms with Gasteiger partial charge in [0.1, 0.15) is 0 Å². The number of hydrogen-bond donors (Lipinski definition) is 0. The normalized spacial score (nSPS) is 11.7. The van der Waals surface area contributed by atoms with Crippen LogP contribution in [0.25, 0.3) is 89.4 Å². The van der Waals surface area contributed by atoms with Crippen molar-refractivity contribution in [3.8, 4) is 45.3 Å². The summed E-state index contributed by atoms with van der Waals surface area (Å²) in [5.41, 5.74) is 7.82. The summed E-state index contributed by atoms with van der Waals surface area (Å²) in [7, 11) is 2.08. The molecule has 9 rings (SSSR count). The summed E-state index contributed by atoms with van der Waals surface area (Å²) in [5, 5.41) is 3.65. The van der Waals surface area contributed by atoms with Gasteiger partial charge in [0, 0.05) is 44.8 Å². The number of hydrogen-bond acceptors (Lipinski definition) is 8. The topological polar surface area (TPSA) is 149 Å². The van der Waals surface area contributed by atoms with Gasteiger partial charge in [-0.3, -0.25) is 0 Å². The van der Waals surface area contributed by atoms with Crippen LogP contribution in [0.5, 0.6) is 0 Å². The predicted octanol–water partition coefficient (Wildman–Crippen LogP) is 6.68. The third-order valence-electron chi connectivity index (χ3n) is 8.87. The molecular formula is C40H36N8O2Si2. The van der Waals surface area contributed by atoms with Gasteiger partial charge in [-0.05, 0) is 54.7 Å². The van der Waals surface area contributed by atoms with E-state index < -0.39 is 8.32 Å². The quantitative estimate of drug-likeness (QED) is 0.181. The van der Waals surface area contributed by atoms with Crippen LogP contribution in [0, 0.1) is 0 Å². The molecule has 4 aromatic carbocycles. The summed E-state index contributed by atoms with van der Waals surface area (Å²) in [6.07, 6.45) is 1.07. The Labute approximate surface area is 307 Å². The summed E-state index contributed by atoms with van der Waals surface area (Å²) in [5.74, 6) is 1.23. The van der Waals surface area contributed by atoms with Crippen LogP contribution in [-0.4, -0.2) is 75.2 Å². The molecule has 0 spiro atoms. The van der Waals surface area contributed by atoms with E-state index in [1.807, 2.05) is 118 Å². The largest absolute Gasteiger partial charge is 4.00 e. The van der Waals surface area contributed by atoms with Crippen molar-refractivity contribution in [3.63, 3.8) is 0 Å². The predicted molar refractivity (Wildman–Crippen MR) is 209 cm³/mol. The van der Waals surface area contributed by atoms with Crippen molar-refractivity contribution >= 4 is 63.4 Å². The molecule has 0 amide bonds. The van der Waals surface area contributed by atoms with Crippen molar-refractivity contribution in [2.45, 2.75) is 25.6 Å². The van der Waals surface area contributed by atoms with E-state index in [9.17, 15) is 4.80 Å². The van der Waals surface area contributed by atoms with Crippen molar-refractivity contribution in [2.24, 2.45) is 0 Å². The van der Waals surface area contributed by atoms with E-state index in [1.54, 1.807) is 0 Å². The van der Waals surface area contributed by atoms with Crippen molar-refractivity contribution in [1.82, 2.24) is 39.8 Å². The molecule has 3 aromatic heterocycles. The Balaban J connectivity index is 0.000000343. The molecule has 5 heterocycles. The van der Waals surface area contributed by atoms with Crippen LogP contribution in [0.1, 0.15) is 6.42 Å². The van der Waals surface area contributed by atoms with Gasteiger partial charge in [0.15, 0.2) is 0 Å². The van der Waals surface area contributed by atoms with E-state index in [0.29, 0.717) is 34.2 Å². The minimum atomic E-state index is -2.00. The molecule has 8 bridgehead atoms. The maximum Gasteiger partial charge on any atom is 4.00 e. The fourth-order valence-electron chi connectivity index (χ4n) is 6.44. The Hall–Kier alpha value is -5.38. The monoisotopic (exact) mass is 716 g/mol. The molecule has 0 aliphatic carbocycles. The first-order valence-electron chi connectivity index (χ1n) is 16.8. The first-order chi connectivity index (χ1) is 24.2. The van der Waals surface area contributed by atoms with Gasteiger partial charge in [-0.2, -0.15) is 0 Å². The molecule has 10 nitrogen and oxygen atoms in total. The van der Waals surface area contributed by atoms with Crippen LogP contribution in [0.3, 0.4) is 0 Å². The maximum atomic E-state index is 11.2. The fourth-order valence-corrected chi connectivity index (χ4v) is 7.45. The van der Waals surface area contributed by atoms with Gasteiger partial charge in [-0.15, -0.1) is 0 Å². The summed E-state index contributed by atoms with van der Waals surface area (Å²) in [6.45, 7) is 4.81. The van der Waals surface area contributed by atoms with Gasteiger partial charge >= 0.3 is 11.0 Å². The second-order valence-electron chi connectivity index (χ2n) is 13.5. The molecular weight excluding hydrogens is 681 g/mol. The second kappa shape index (κ2) is 14.7. The Morgan fingerprint density at radius 3 is 1.31 bits per heavy atom. The number of aromatic nitrogens is 7. The molecule has 256 valence electrons. The number of benzene rings is 4. The van der Waals surface area contributed by atoms with E-state index in [0.717, 1.165) is 74.2 Å². The summed E-state index contributed by atoms with van der Waals surface area (Å²) in [6, 6.07) is 35.2. The van der Waals surface area contributed by atoms with Crippen molar-refractivity contribution in [3.05, 3.63) is 103 Å². The fraction of sp³-hybridized carbons (Fsp3) is 0.175. The van der Waals surface area contributed by atoms with Crippen molar-refractivity contribution in [1.29, 1.82) is 0 Å². The van der Waals surface area contributed by atoms with Gasteiger partial charge < -0.3 is 40.1 Å². The standard InChI is InChI=1S/C33H17N7.C7H18NOSi.H2O.Si/c1-3-11-20-18(9-1)26-17-27-19-10-2-4-12-21(19)29(35-27)37-31-23-14-6-8-16-25(23)33(39-31)40-32-24-15-7-5-13-22(24)30(38-32)36-28(20)34-26;1-8(2)6-5-7-10(3,4)9;;/h1-17H;5-7H2,1-4H3;1H2;/q-2;-1;;+4/p-1. The van der Waals surface area contributed by atoms with Gasteiger partial charge in [0.25, 0.3) is 0 Å². The van der Waals surface area contributed by atoms with E-state index in [-0.39, 0.29) is 16.4 Å². The average molecular weight is 717 g/mol. The molecule has 52 heavy (non-hydrogen) atoms. The van der Waals surface area contributed by atoms with Crippen LogP contribution in [0.15, 0.2) is 103 Å². The van der Waals surface area contributed by atoms with Gasteiger partial charge in [0.05, 0.1) is 23.0 Å².